The lowest BCUT2D eigenvalue weighted by molar-refractivity contribution is 0.0516. The number of carbonyl (C=O) groups excluding carboxylic acids is 1. The van der Waals surface area contributed by atoms with E-state index in [9.17, 15) is 9.90 Å². The van der Waals surface area contributed by atoms with E-state index in [-0.39, 0.29) is 24.8 Å². The van der Waals surface area contributed by atoms with Crippen molar-refractivity contribution >= 4 is 5.91 Å². The van der Waals surface area contributed by atoms with Crippen LogP contribution in [0.2, 0.25) is 0 Å². The van der Waals surface area contributed by atoms with Gasteiger partial charge in [0.05, 0.1) is 25.0 Å². The van der Waals surface area contributed by atoms with Crippen LogP contribution >= 0.6 is 0 Å². The Balaban J connectivity index is 2.73. The zero-order valence-corrected chi connectivity index (χ0v) is 10.5. The van der Waals surface area contributed by atoms with Gasteiger partial charge in [0.25, 0.3) is 5.91 Å². The number of aromatic nitrogens is 1. The van der Waals surface area contributed by atoms with E-state index in [4.69, 9.17) is 9.84 Å². The summed E-state index contributed by atoms with van der Waals surface area (Å²) in [6, 6.07) is 5.09. The number of aliphatic hydroxyl groups excluding tert-OH is 2. The summed E-state index contributed by atoms with van der Waals surface area (Å²) < 4.78 is 4.94. The van der Waals surface area contributed by atoms with Crippen molar-refractivity contribution < 1.29 is 19.7 Å². The molecular weight excluding hydrogens is 236 g/mol. The van der Waals surface area contributed by atoms with Gasteiger partial charge in [0, 0.05) is 20.7 Å². The molecular formula is C12H18N2O4. The monoisotopic (exact) mass is 254 g/mol. The summed E-state index contributed by atoms with van der Waals surface area (Å²) in [5.41, 5.74) is 0.955. The second kappa shape index (κ2) is 7.05. The van der Waals surface area contributed by atoms with E-state index in [2.05, 4.69) is 4.98 Å². The molecule has 0 spiro atoms. The fourth-order valence-corrected chi connectivity index (χ4v) is 1.48. The maximum atomic E-state index is 12.0. The van der Waals surface area contributed by atoms with Gasteiger partial charge < -0.3 is 19.8 Å². The molecule has 1 amide bonds. The molecule has 0 radical (unpaired) electrons. The predicted octanol–water partition coefficient (Wildman–Crippen LogP) is -0.347. The van der Waals surface area contributed by atoms with E-state index < -0.39 is 6.10 Å². The molecule has 6 nitrogen and oxygen atoms in total. The Morgan fingerprint density at radius 1 is 1.56 bits per heavy atom. The highest BCUT2D eigenvalue weighted by atomic mass is 16.5. The van der Waals surface area contributed by atoms with E-state index in [1.165, 1.54) is 4.90 Å². The summed E-state index contributed by atoms with van der Waals surface area (Å²) in [7, 11) is 3.10. The first-order chi connectivity index (χ1) is 8.58. The maximum Gasteiger partial charge on any atom is 0.272 e. The zero-order chi connectivity index (χ0) is 13.5. The molecule has 1 aromatic heterocycles. The molecule has 0 bridgehead atoms. The molecule has 18 heavy (non-hydrogen) atoms. The van der Waals surface area contributed by atoms with Crippen LogP contribution in [-0.2, 0) is 11.3 Å². The number of hydrogen-bond donors (Lipinski definition) is 2. The van der Waals surface area contributed by atoms with Crippen molar-refractivity contribution in [1.82, 2.24) is 9.88 Å². The third kappa shape index (κ3) is 4.06. The minimum Gasteiger partial charge on any atom is -0.394 e. The third-order valence-corrected chi connectivity index (χ3v) is 2.36. The summed E-state index contributed by atoms with van der Waals surface area (Å²) in [5.74, 6) is -0.305. The van der Waals surface area contributed by atoms with Gasteiger partial charge in [-0.05, 0) is 12.1 Å². The Labute approximate surface area is 106 Å². The van der Waals surface area contributed by atoms with Gasteiger partial charge in [0.15, 0.2) is 0 Å². The van der Waals surface area contributed by atoms with Crippen LogP contribution in [0.5, 0.6) is 0 Å². The van der Waals surface area contributed by atoms with Crippen LogP contribution in [0.1, 0.15) is 16.2 Å². The highest BCUT2D eigenvalue weighted by molar-refractivity contribution is 5.92. The Kier molecular flexibility index (Phi) is 5.70. The van der Waals surface area contributed by atoms with Gasteiger partial charge >= 0.3 is 0 Å². The minimum atomic E-state index is -0.943. The fourth-order valence-electron chi connectivity index (χ4n) is 1.48. The average molecular weight is 254 g/mol. The SMILES string of the molecule is COCc1cccc(C(=O)N(C)CC(O)CO)n1. The zero-order valence-electron chi connectivity index (χ0n) is 10.5. The lowest BCUT2D eigenvalue weighted by Crippen LogP contribution is -2.36. The van der Waals surface area contributed by atoms with Crippen LogP contribution in [0, 0.1) is 0 Å². The minimum absolute atomic E-state index is 0.0610. The first-order valence-electron chi connectivity index (χ1n) is 5.57. The summed E-state index contributed by atoms with van der Waals surface area (Å²) in [5, 5.41) is 18.0. The number of methoxy groups -OCH3 is 1. The van der Waals surface area contributed by atoms with Crippen LogP contribution in [0.15, 0.2) is 18.2 Å². The molecule has 1 aromatic rings. The second-order valence-corrected chi connectivity index (χ2v) is 3.97. The molecule has 1 rings (SSSR count). The van der Waals surface area contributed by atoms with Crippen molar-refractivity contribution in [2.24, 2.45) is 0 Å². The van der Waals surface area contributed by atoms with Gasteiger partial charge in [-0.15, -0.1) is 0 Å². The Morgan fingerprint density at radius 2 is 2.28 bits per heavy atom. The average Bonchev–Trinajstić information content (AvgIpc) is 2.38. The van der Waals surface area contributed by atoms with Gasteiger partial charge in [0.1, 0.15) is 5.69 Å². The molecule has 1 atom stereocenters. The number of pyridine rings is 1. The first kappa shape index (κ1) is 14.6. The van der Waals surface area contributed by atoms with E-state index in [1.807, 2.05) is 0 Å². The topological polar surface area (TPSA) is 82.9 Å². The van der Waals surface area contributed by atoms with Crippen molar-refractivity contribution in [3.63, 3.8) is 0 Å². The summed E-state index contributed by atoms with van der Waals surface area (Å²) >= 11 is 0. The highest BCUT2D eigenvalue weighted by Crippen LogP contribution is 2.04. The molecule has 1 heterocycles. The molecule has 0 saturated heterocycles. The van der Waals surface area contributed by atoms with Gasteiger partial charge in [-0.25, -0.2) is 4.98 Å². The Morgan fingerprint density at radius 3 is 2.89 bits per heavy atom. The second-order valence-electron chi connectivity index (χ2n) is 3.97. The van der Waals surface area contributed by atoms with E-state index in [0.29, 0.717) is 12.3 Å². The van der Waals surface area contributed by atoms with Gasteiger partial charge in [-0.1, -0.05) is 6.07 Å². The number of rotatable bonds is 6. The molecule has 2 N–H and O–H groups in total. The van der Waals surface area contributed by atoms with Crippen LogP contribution in [0.25, 0.3) is 0 Å². The van der Waals surface area contributed by atoms with Crippen LogP contribution in [0.3, 0.4) is 0 Å². The molecule has 1 unspecified atom stereocenters. The normalized spacial score (nSPS) is 12.2. The van der Waals surface area contributed by atoms with E-state index >= 15 is 0 Å². The lowest BCUT2D eigenvalue weighted by Gasteiger charge is -2.19. The number of ether oxygens (including phenoxy) is 1. The van der Waals surface area contributed by atoms with E-state index in [0.717, 1.165) is 0 Å². The van der Waals surface area contributed by atoms with Crippen molar-refractivity contribution in [2.75, 3.05) is 27.3 Å². The molecule has 0 aliphatic carbocycles. The molecule has 6 heteroatoms. The van der Waals surface area contributed by atoms with Crippen molar-refractivity contribution in [3.8, 4) is 0 Å². The van der Waals surface area contributed by atoms with E-state index in [1.54, 1.807) is 32.4 Å². The summed E-state index contributed by atoms with van der Waals surface area (Å²) in [6.45, 7) is 0.0182. The number of carbonyl (C=O) groups is 1. The summed E-state index contributed by atoms with van der Waals surface area (Å²) in [4.78, 5) is 17.5. The molecule has 100 valence electrons. The van der Waals surface area contributed by atoms with Crippen LogP contribution < -0.4 is 0 Å². The summed E-state index contributed by atoms with van der Waals surface area (Å²) in [6.07, 6.45) is -0.943. The number of amides is 1. The molecule has 0 aliphatic rings. The standard InChI is InChI=1S/C12H18N2O4/c1-14(6-10(16)7-15)12(17)11-5-3-4-9(13-11)8-18-2/h3-5,10,15-16H,6-8H2,1-2H3. The Bertz CT molecular complexity index is 397. The largest absolute Gasteiger partial charge is 0.394 e. The first-order valence-corrected chi connectivity index (χ1v) is 5.57. The Hall–Kier alpha value is -1.50. The molecule has 0 aromatic carbocycles. The van der Waals surface area contributed by atoms with Crippen LogP contribution in [0.4, 0.5) is 0 Å². The molecule has 0 aliphatic heterocycles. The number of nitrogens with zero attached hydrogens (tertiary/aromatic N) is 2. The van der Waals surface area contributed by atoms with Crippen LogP contribution in [-0.4, -0.2) is 59.4 Å². The predicted molar refractivity (Wildman–Crippen MR) is 65.0 cm³/mol. The number of aliphatic hydroxyl groups is 2. The lowest BCUT2D eigenvalue weighted by atomic mass is 10.2. The van der Waals surface area contributed by atoms with Gasteiger partial charge in [-0.2, -0.15) is 0 Å². The van der Waals surface area contributed by atoms with Gasteiger partial charge in [-0.3, -0.25) is 4.79 Å². The van der Waals surface area contributed by atoms with Crippen molar-refractivity contribution in [1.29, 1.82) is 0 Å². The molecule has 0 fully saturated rings. The number of likely N-dealkylation sites (N-methyl/N-ethyl adjacent to an activating group) is 1. The quantitative estimate of drug-likeness (QED) is 0.725. The molecule has 0 saturated carbocycles. The van der Waals surface area contributed by atoms with Crippen molar-refractivity contribution in [2.45, 2.75) is 12.7 Å². The highest BCUT2D eigenvalue weighted by Gasteiger charge is 2.16. The number of hydrogen-bond acceptors (Lipinski definition) is 5. The van der Waals surface area contributed by atoms with Crippen molar-refractivity contribution in [3.05, 3.63) is 29.6 Å². The third-order valence-electron chi connectivity index (χ3n) is 2.36. The smallest absolute Gasteiger partial charge is 0.272 e. The maximum absolute atomic E-state index is 12.0. The fraction of sp³-hybridized carbons (Fsp3) is 0.500. The van der Waals surface area contributed by atoms with Gasteiger partial charge in [0.2, 0.25) is 0 Å².